The number of benzene rings is 3. The zero-order chi connectivity index (χ0) is 23.1. The summed E-state index contributed by atoms with van der Waals surface area (Å²) in [5.41, 5.74) is 3.19. The van der Waals surface area contributed by atoms with Gasteiger partial charge in [0.15, 0.2) is 0 Å². The van der Waals surface area contributed by atoms with Gasteiger partial charge >= 0.3 is 0 Å². The third-order valence-corrected chi connectivity index (χ3v) is 6.52. The van der Waals surface area contributed by atoms with E-state index in [9.17, 15) is 13.2 Å². The van der Waals surface area contributed by atoms with Gasteiger partial charge in [-0.3, -0.25) is 4.79 Å². The summed E-state index contributed by atoms with van der Waals surface area (Å²) in [6, 6.07) is 25.1. The predicted octanol–water partition coefficient (Wildman–Crippen LogP) is 3.32. The van der Waals surface area contributed by atoms with E-state index in [1.54, 1.807) is 23.0 Å². The number of hydrogen-bond acceptors (Lipinski definition) is 4. The lowest BCUT2D eigenvalue weighted by Gasteiger charge is -2.10. The third kappa shape index (κ3) is 5.94. The van der Waals surface area contributed by atoms with Gasteiger partial charge in [0.2, 0.25) is 10.0 Å². The van der Waals surface area contributed by atoms with Gasteiger partial charge in [-0.05, 0) is 53.9 Å². The Balaban J connectivity index is 1.32. The summed E-state index contributed by atoms with van der Waals surface area (Å²) in [7, 11) is -3.74. The Morgan fingerprint density at radius 3 is 2.39 bits per heavy atom. The maximum absolute atomic E-state index is 12.6. The van der Waals surface area contributed by atoms with Crippen LogP contribution in [0, 0.1) is 0 Å². The summed E-state index contributed by atoms with van der Waals surface area (Å²) < 4.78 is 29.6. The first kappa shape index (κ1) is 22.4. The standard InChI is InChI=1S/C25H24N4O3S/c30-25(26-16-14-20-10-12-23(13-11-20)29-17-5-15-27-29)22-8-4-9-24(18-22)33(31,32)28-19-21-6-2-1-3-7-21/h1-13,15,17-18,28H,14,16,19H2,(H,26,30). The van der Waals surface area contributed by atoms with E-state index in [1.165, 1.54) is 12.1 Å². The lowest BCUT2D eigenvalue weighted by atomic mass is 10.1. The molecule has 168 valence electrons. The van der Waals surface area contributed by atoms with Gasteiger partial charge in [0.25, 0.3) is 5.91 Å². The molecule has 0 spiro atoms. The fourth-order valence-electron chi connectivity index (χ4n) is 3.32. The van der Waals surface area contributed by atoms with E-state index in [0.717, 1.165) is 16.8 Å². The number of rotatable bonds is 9. The normalized spacial score (nSPS) is 11.3. The van der Waals surface area contributed by atoms with Crippen LogP contribution in [0.3, 0.4) is 0 Å². The van der Waals surface area contributed by atoms with Crippen molar-refractivity contribution in [3.63, 3.8) is 0 Å². The zero-order valence-electron chi connectivity index (χ0n) is 17.9. The molecular weight excluding hydrogens is 436 g/mol. The van der Waals surface area contributed by atoms with E-state index < -0.39 is 10.0 Å². The molecule has 1 heterocycles. The van der Waals surface area contributed by atoms with Crippen molar-refractivity contribution in [2.75, 3.05) is 6.54 Å². The van der Waals surface area contributed by atoms with Crippen molar-refractivity contribution in [3.8, 4) is 5.69 Å². The molecule has 0 fully saturated rings. The van der Waals surface area contributed by atoms with Crippen LogP contribution < -0.4 is 10.0 Å². The van der Waals surface area contributed by atoms with Crippen molar-refractivity contribution < 1.29 is 13.2 Å². The van der Waals surface area contributed by atoms with E-state index in [0.29, 0.717) is 18.5 Å². The topological polar surface area (TPSA) is 93.1 Å². The van der Waals surface area contributed by atoms with Gasteiger partial charge in [-0.1, -0.05) is 48.5 Å². The largest absolute Gasteiger partial charge is 0.352 e. The molecule has 0 saturated heterocycles. The van der Waals surface area contributed by atoms with Crippen LogP contribution in [-0.4, -0.2) is 30.7 Å². The Labute approximate surface area is 193 Å². The second kappa shape index (κ2) is 10.2. The Kier molecular flexibility index (Phi) is 6.97. The fourth-order valence-corrected chi connectivity index (χ4v) is 4.38. The first-order chi connectivity index (χ1) is 16.0. The molecule has 4 rings (SSSR count). The van der Waals surface area contributed by atoms with Crippen LogP contribution in [0.2, 0.25) is 0 Å². The van der Waals surface area contributed by atoms with Crippen LogP contribution in [0.1, 0.15) is 21.5 Å². The van der Waals surface area contributed by atoms with Crippen LogP contribution in [-0.2, 0) is 23.0 Å². The van der Waals surface area contributed by atoms with Crippen LogP contribution in [0.25, 0.3) is 5.69 Å². The van der Waals surface area contributed by atoms with Crippen LogP contribution in [0.15, 0.2) is 102 Å². The monoisotopic (exact) mass is 460 g/mol. The van der Waals surface area contributed by atoms with Gasteiger partial charge in [0.1, 0.15) is 0 Å². The summed E-state index contributed by atoms with van der Waals surface area (Å²) in [6.45, 7) is 0.613. The molecule has 0 aliphatic heterocycles. The minimum absolute atomic E-state index is 0.0558. The van der Waals surface area contributed by atoms with Crippen molar-refractivity contribution in [2.45, 2.75) is 17.9 Å². The van der Waals surface area contributed by atoms with Gasteiger partial charge in [-0.25, -0.2) is 17.8 Å². The summed E-state index contributed by atoms with van der Waals surface area (Å²) >= 11 is 0. The number of amides is 1. The molecular formula is C25H24N4O3S. The highest BCUT2D eigenvalue weighted by Crippen LogP contribution is 2.13. The number of carbonyl (C=O) groups excluding carboxylic acids is 1. The smallest absolute Gasteiger partial charge is 0.251 e. The van der Waals surface area contributed by atoms with E-state index in [4.69, 9.17) is 0 Å². The molecule has 0 saturated carbocycles. The number of aromatic nitrogens is 2. The molecule has 0 aliphatic rings. The first-order valence-electron chi connectivity index (χ1n) is 10.5. The second-order valence-corrected chi connectivity index (χ2v) is 9.23. The molecule has 8 heteroatoms. The van der Waals surface area contributed by atoms with Gasteiger partial charge < -0.3 is 5.32 Å². The predicted molar refractivity (Wildman–Crippen MR) is 127 cm³/mol. The average molecular weight is 461 g/mol. The summed E-state index contributed by atoms with van der Waals surface area (Å²) in [5.74, 6) is -0.316. The van der Waals surface area contributed by atoms with Crippen LogP contribution >= 0.6 is 0 Å². The SMILES string of the molecule is O=C(NCCc1ccc(-n2cccn2)cc1)c1cccc(S(=O)(=O)NCc2ccccc2)c1. The number of hydrogen-bond donors (Lipinski definition) is 2. The average Bonchev–Trinajstić information content (AvgIpc) is 3.39. The Bertz CT molecular complexity index is 1300. The summed E-state index contributed by atoms with van der Waals surface area (Å²) in [5, 5.41) is 7.05. The number of sulfonamides is 1. The quantitative estimate of drug-likeness (QED) is 0.401. The van der Waals surface area contributed by atoms with Crippen molar-refractivity contribution in [2.24, 2.45) is 0 Å². The van der Waals surface area contributed by atoms with E-state index in [1.807, 2.05) is 66.9 Å². The molecule has 3 aromatic carbocycles. The van der Waals surface area contributed by atoms with Gasteiger partial charge in [0.05, 0.1) is 10.6 Å². The molecule has 2 N–H and O–H groups in total. The molecule has 4 aromatic rings. The molecule has 0 radical (unpaired) electrons. The summed E-state index contributed by atoms with van der Waals surface area (Å²) in [6.07, 6.45) is 4.26. The van der Waals surface area contributed by atoms with E-state index in [2.05, 4.69) is 15.1 Å². The highest BCUT2D eigenvalue weighted by Gasteiger charge is 2.16. The van der Waals surface area contributed by atoms with Crippen molar-refractivity contribution in [1.82, 2.24) is 19.8 Å². The maximum atomic E-state index is 12.6. The Morgan fingerprint density at radius 1 is 0.879 bits per heavy atom. The molecule has 1 aromatic heterocycles. The number of nitrogens with one attached hydrogen (secondary N) is 2. The van der Waals surface area contributed by atoms with Crippen molar-refractivity contribution in [3.05, 3.63) is 114 Å². The molecule has 1 amide bonds. The van der Waals surface area contributed by atoms with Crippen molar-refractivity contribution in [1.29, 1.82) is 0 Å². The third-order valence-electron chi connectivity index (χ3n) is 5.12. The van der Waals surface area contributed by atoms with Gasteiger partial charge in [-0.15, -0.1) is 0 Å². The maximum Gasteiger partial charge on any atom is 0.251 e. The molecule has 0 aliphatic carbocycles. The highest BCUT2D eigenvalue weighted by molar-refractivity contribution is 7.89. The Hall–Kier alpha value is -3.75. The second-order valence-electron chi connectivity index (χ2n) is 7.46. The molecule has 0 bridgehead atoms. The minimum atomic E-state index is -3.74. The highest BCUT2D eigenvalue weighted by atomic mass is 32.2. The molecule has 0 unspecified atom stereocenters. The van der Waals surface area contributed by atoms with Crippen LogP contribution in [0.5, 0.6) is 0 Å². The minimum Gasteiger partial charge on any atom is -0.352 e. The van der Waals surface area contributed by atoms with Gasteiger partial charge in [-0.2, -0.15) is 5.10 Å². The Morgan fingerprint density at radius 2 is 1.67 bits per heavy atom. The van der Waals surface area contributed by atoms with E-state index >= 15 is 0 Å². The van der Waals surface area contributed by atoms with Gasteiger partial charge in [0, 0.05) is 31.0 Å². The lowest BCUT2D eigenvalue weighted by Crippen LogP contribution is -2.27. The first-order valence-corrected chi connectivity index (χ1v) is 12.0. The lowest BCUT2D eigenvalue weighted by molar-refractivity contribution is 0.0954. The van der Waals surface area contributed by atoms with Crippen LogP contribution in [0.4, 0.5) is 0 Å². The summed E-state index contributed by atoms with van der Waals surface area (Å²) in [4.78, 5) is 12.6. The van der Waals surface area contributed by atoms with Crippen molar-refractivity contribution >= 4 is 15.9 Å². The molecule has 7 nitrogen and oxygen atoms in total. The van der Waals surface area contributed by atoms with E-state index in [-0.39, 0.29) is 17.3 Å². The molecule has 33 heavy (non-hydrogen) atoms. The zero-order valence-corrected chi connectivity index (χ0v) is 18.7. The molecule has 0 atom stereocenters. The number of carbonyl (C=O) groups is 1. The number of nitrogens with zero attached hydrogens (tertiary/aromatic N) is 2. The fraction of sp³-hybridized carbons (Fsp3) is 0.120.